The molecule has 0 bridgehead atoms. The second-order valence-electron chi connectivity index (χ2n) is 14.2. The van der Waals surface area contributed by atoms with Crippen molar-refractivity contribution >= 4 is 31.5 Å². The normalized spacial score (nSPS) is 14.2. The molecule has 0 amide bonds. The van der Waals surface area contributed by atoms with E-state index in [0.717, 1.165) is 70.6 Å². The van der Waals surface area contributed by atoms with Gasteiger partial charge in [-0.15, -0.1) is 0 Å². The van der Waals surface area contributed by atoms with Crippen molar-refractivity contribution in [2.24, 2.45) is 5.73 Å². The summed E-state index contributed by atoms with van der Waals surface area (Å²) in [6, 6.07) is -1.54. The van der Waals surface area contributed by atoms with E-state index >= 15 is 0 Å². The maximum Gasteiger partial charge on any atom is 0.472 e. The van der Waals surface area contributed by atoms with Gasteiger partial charge in [0.05, 0.1) is 13.2 Å². The van der Waals surface area contributed by atoms with Gasteiger partial charge in [0.25, 0.3) is 0 Å². The molecule has 0 aromatic heterocycles. The third-order valence-electron chi connectivity index (χ3n) is 8.71. The number of hydrogen-bond donors (Lipinski definition) is 3. The molecule has 0 saturated carbocycles. The molecule has 0 heterocycles. The fourth-order valence-corrected chi connectivity index (χ4v) is 6.08. The number of esters is 2. The number of carboxylic acids is 1. The van der Waals surface area contributed by atoms with Crippen LogP contribution in [0.15, 0.2) is 60.8 Å². The Balaban J connectivity index is 4.53. The van der Waals surface area contributed by atoms with Gasteiger partial charge in [0, 0.05) is 19.3 Å². The lowest BCUT2D eigenvalue weighted by atomic mass is 10.1. The fourth-order valence-electron chi connectivity index (χ4n) is 5.30. The van der Waals surface area contributed by atoms with Gasteiger partial charge in [0.15, 0.2) is 11.9 Å². The molecule has 3 atom stereocenters. The average molecular weight is 824 g/mol. The molecular weight excluding hydrogens is 749 g/mol. The van der Waals surface area contributed by atoms with E-state index in [2.05, 4.69) is 30.5 Å². The van der Waals surface area contributed by atoms with Crippen LogP contribution in [0.25, 0.3) is 0 Å². The summed E-state index contributed by atoms with van der Waals surface area (Å²) in [5, 5.41) is 8.88. The van der Waals surface area contributed by atoms with Crippen LogP contribution in [-0.2, 0) is 42.3 Å². The summed E-state index contributed by atoms with van der Waals surface area (Å²) >= 11 is 0. The summed E-state index contributed by atoms with van der Waals surface area (Å²) in [4.78, 5) is 57.6. The minimum Gasteiger partial charge on any atom is -0.480 e. The lowest BCUT2D eigenvalue weighted by Crippen LogP contribution is -2.34. The van der Waals surface area contributed by atoms with Gasteiger partial charge in [-0.25, -0.2) is 4.57 Å². The molecule has 0 aliphatic carbocycles. The number of rotatable bonds is 39. The molecule has 1 unspecified atom stereocenters. The maximum atomic E-state index is 12.6. The zero-order valence-corrected chi connectivity index (χ0v) is 35.8. The van der Waals surface area contributed by atoms with Gasteiger partial charge in [-0.2, -0.15) is 0 Å². The van der Waals surface area contributed by atoms with Crippen LogP contribution in [0, 0.1) is 0 Å². The van der Waals surface area contributed by atoms with E-state index in [0.29, 0.717) is 25.7 Å². The van der Waals surface area contributed by atoms with Gasteiger partial charge in [-0.05, 0) is 70.3 Å². The second kappa shape index (κ2) is 38.4. The van der Waals surface area contributed by atoms with Crippen molar-refractivity contribution < 1.29 is 52.3 Å². The van der Waals surface area contributed by atoms with Gasteiger partial charge < -0.3 is 25.2 Å². The van der Waals surface area contributed by atoms with Crippen LogP contribution in [0.3, 0.4) is 0 Å². The zero-order chi connectivity index (χ0) is 42.2. The molecule has 4 N–H and O–H groups in total. The van der Waals surface area contributed by atoms with Crippen molar-refractivity contribution in [1.29, 1.82) is 0 Å². The molecule has 0 aromatic carbocycles. The summed E-state index contributed by atoms with van der Waals surface area (Å²) in [6.07, 6.45) is 39.9. The van der Waals surface area contributed by atoms with Crippen LogP contribution >= 0.6 is 7.82 Å². The number of ketones is 1. The lowest BCUT2D eigenvalue weighted by molar-refractivity contribution is -0.161. The summed E-state index contributed by atoms with van der Waals surface area (Å²) in [5.74, 6) is -2.36. The highest BCUT2D eigenvalue weighted by Crippen LogP contribution is 2.43. The number of hydrogen-bond acceptors (Lipinski definition) is 10. The summed E-state index contributed by atoms with van der Waals surface area (Å²) in [7, 11) is -4.74. The molecule has 0 saturated heterocycles. The van der Waals surface area contributed by atoms with E-state index < -0.39 is 57.7 Å². The second-order valence-corrected chi connectivity index (χ2v) is 15.6. The van der Waals surface area contributed by atoms with Crippen molar-refractivity contribution in [3.8, 4) is 0 Å². The predicted molar refractivity (Wildman–Crippen MR) is 226 cm³/mol. The number of unbranched alkanes of at least 4 members (excludes halogenated alkanes) is 14. The molecule has 0 rings (SSSR count). The number of aliphatic carboxylic acids is 1. The largest absolute Gasteiger partial charge is 0.480 e. The number of carbonyl (C=O) groups is 4. The van der Waals surface area contributed by atoms with E-state index in [9.17, 15) is 28.6 Å². The molecule has 0 aliphatic rings. The number of nitrogens with two attached hydrogens (primary N) is 1. The number of carbonyl (C=O) groups excluding carboxylic acids is 3. The van der Waals surface area contributed by atoms with Crippen LogP contribution < -0.4 is 5.73 Å². The number of phosphoric ester groups is 1. The fraction of sp³-hybridized carbons (Fsp3) is 0.682. The van der Waals surface area contributed by atoms with E-state index in [1.165, 1.54) is 38.5 Å². The Morgan fingerprint density at radius 1 is 0.596 bits per heavy atom. The highest BCUT2D eigenvalue weighted by atomic mass is 31.2. The Labute approximate surface area is 343 Å². The smallest absolute Gasteiger partial charge is 0.472 e. The maximum absolute atomic E-state index is 12.6. The van der Waals surface area contributed by atoms with E-state index in [1.54, 1.807) is 12.2 Å². The van der Waals surface area contributed by atoms with E-state index in [1.807, 2.05) is 36.5 Å². The van der Waals surface area contributed by atoms with Crippen LogP contribution in [0.1, 0.15) is 162 Å². The van der Waals surface area contributed by atoms with E-state index in [4.69, 9.17) is 24.8 Å². The van der Waals surface area contributed by atoms with Crippen molar-refractivity contribution in [3.05, 3.63) is 60.8 Å². The first kappa shape index (κ1) is 53.9. The molecule has 0 fully saturated rings. The molecule has 0 aromatic rings. The Morgan fingerprint density at radius 2 is 1.11 bits per heavy atom. The number of phosphoric acid groups is 1. The molecule has 0 aliphatic heterocycles. The van der Waals surface area contributed by atoms with Crippen LogP contribution in [0.4, 0.5) is 0 Å². The Hall–Kier alpha value is -3.15. The molecule has 12 nitrogen and oxygen atoms in total. The first-order valence-electron chi connectivity index (χ1n) is 21.3. The molecule has 13 heteroatoms. The average Bonchev–Trinajstić information content (AvgIpc) is 3.18. The molecule has 0 spiro atoms. The van der Waals surface area contributed by atoms with Crippen molar-refractivity contribution in [2.45, 2.75) is 174 Å². The zero-order valence-electron chi connectivity index (χ0n) is 34.9. The van der Waals surface area contributed by atoms with Gasteiger partial charge in [-0.3, -0.25) is 28.2 Å². The Bertz CT molecular complexity index is 1260. The van der Waals surface area contributed by atoms with Gasteiger partial charge in [0.1, 0.15) is 12.6 Å². The summed E-state index contributed by atoms with van der Waals surface area (Å²) in [5.41, 5.74) is 5.32. The number of ether oxygens (including phenoxy) is 2. The lowest BCUT2D eigenvalue weighted by Gasteiger charge is -2.20. The van der Waals surface area contributed by atoms with Crippen LogP contribution in [-0.4, -0.2) is 65.7 Å². The van der Waals surface area contributed by atoms with Gasteiger partial charge in [-0.1, -0.05) is 133 Å². The third-order valence-corrected chi connectivity index (χ3v) is 9.67. The van der Waals surface area contributed by atoms with E-state index in [-0.39, 0.29) is 18.6 Å². The number of allylic oxidation sites excluding steroid dienone is 10. The minimum atomic E-state index is -4.74. The van der Waals surface area contributed by atoms with Crippen molar-refractivity contribution in [3.63, 3.8) is 0 Å². The van der Waals surface area contributed by atoms with Crippen molar-refractivity contribution in [2.75, 3.05) is 19.8 Å². The third kappa shape index (κ3) is 38.2. The van der Waals surface area contributed by atoms with Crippen molar-refractivity contribution in [1.82, 2.24) is 0 Å². The summed E-state index contributed by atoms with van der Waals surface area (Å²) in [6.45, 7) is 2.55. The first-order chi connectivity index (χ1) is 27.5. The highest BCUT2D eigenvalue weighted by molar-refractivity contribution is 7.47. The summed E-state index contributed by atoms with van der Waals surface area (Å²) < 4.78 is 32.6. The Kier molecular flexibility index (Phi) is 36.3. The van der Waals surface area contributed by atoms with Gasteiger partial charge >= 0.3 is 25.7 Å². The monoisotopic (exact) mass is 823 g/mol. The Morgan fingerprint density at radius 3 is 1.77 bits per heavy atom. The molecule has 326 valence electrons. The standard InChI is InChI=1S/C44H74NO11P/c1-3-5-7-8-9-10-11-12-13-14-17-21-24-27-31-35-43(48)56-40(37-54-57(51,52)55-38-41(45)44(49)50)36-53-42(47)34-30-26-23-20-18-15-16-19-22-25-29-33-39(46)32-28-6-4-2/h12-13,15-16,20,22-23,25,29,33,40-41H,3-11,14,17-19,21,24,26-28,30-32,34-38,45H2,1-2H3,(H,49,50)(H,51,52)/b13-12-,16-15-,23-20-,25-22-,33-29+/t40-,41+/m1/s1. The molecule has 57 heavy (non-hydrogen) atoms. The number of carboxylic acid groups (broad SMARTS) is 1. The topological polar surface area (TPSA) is 189 Å². The molecular formula is C44H74NO11P. The molecule has 0 radical (unpaired) electrons. The highest BCUT2D eigenvalue weighted by Gasteiger charge is 2.28. The van der Waals surface area contributed by atoms with Crippen LogP contribution in [0.5, 0.6) is 0 Å². The quantitative estimate of drug-likeness (QED) is 0.0133. The minimum absolute atomic E-state index is 0.116. The van der Waals surface area contributed by atoms with Gasteiger partial charge in [0.2, 0.25) is 0 Å². The SMILES string of the molecule is CCCCCCCC/C=C\CCCCCCCC(=O)O[C@H](COC(=O)CCC/C=C\C/C=C\C/C=C\C=C\C(=O)CCCCC)COP(=O)(O)OC[C@H](N)C(=O)O. The predicted octanol–water partition coefficient (Wildman–Crippen LogP) is 10.3. The van der Waals surface area contributed by atoms with Crippen LogP contribution in [0.2, 0.25) is 0 Å². The first-order valence-corrected chi connectivity index (χ1v) is 22.8.